The monoisotopic (exact) mass is 374 g/mol. The molecule has 26 heavy (non-hydrogen) atoms. The molecule has 1 aliphatic carbocycles. The predicted molar refractivity (Wildman–Crippen MR) is 107 cm³/mol. The van der Waals surface area contributed by atoms with Crippen molar-refractivity contribution in [1.29, 1.82) is 0 Å². The van der Waals surface area contributed by atoms with Crippen LogP contribution in [0.1, 0.15) is 36.0 Å². The summed E-state index contributed by atoms with van der Waals surface area (Å²) in [4.78, 5) is 17.0. The fraction of sp³-hybridized carbons (Fsp3) is 0.667. The minimum absolute atomic E-state index is 0.149. The van der Waals surface area contributed by atoms with Crippen LogP contribution in [0.2, 0.25) is 0 Å². The molecule has 5 heteroatoms. The third kappa shape index (κ3) is 4.37. The summed E-state index contributed by atoms with van der Waals surface area (Å²) < 4.78 is 5.89. The van der Waals surface area contributed by atoms with Crippen molar-refractivity contribution in [2.45, 2.75) is 25.7 Å². The van der Waals surface area contributed by atoms with Gasteiger partial charge in [0.05, 0.1) is 6.61 Å². The number of ether oxygens (including phenoxy) is 1. The summed E-state index contributed by atoms with van der Waals surface area (Å²) in [6.07, 6.45) is 5.41. The van der Waals surface area contributed by atoms with Crippen LogP contribution in [0.15, 0.2) is 24.3 Å². The van der Waals surface area contributed by atoms with Gasteiger partial charge in [0, 0.05) is 49.8 Å². The van der Waals surface area contributed by atoms with Crippen molar-refractivity contribution in [2.75, 3.05) is 50.8 Å². The third-order valence-corrected chi connectivity index (χ3v) is 7.03. The number of hydrogen-bond donors (Lipinski definition) is 0. The van der Waals surface area contributed by atoms with Crippen molar-refractivity contribution >= 4 is 17.7 Å². The van der Waals surface area contributed by atoms with E-state index >= 15 is 0 Å². The number of benzene rings is 1. The number of hydrogen-bond acceptors (Lipinski definition) is 4. The highest BCUT2D eigenvalue weighted by Crippen LogP contribution is 2.37. The van der Waals surface area contributed by atoms with Crippen LogP contribution in [0.4, 0.5) is 0 Å². The lowest BCUT2D eigenvalue weighted by atomic mass is 10.0. The van der Waals surface area contributed by atoms with Crippen LogP contribution in [0.5, 0.6) is 5.75 Å². The maximum atomic E-state index is 12.5. The van der Waals surface area contributed by atoms with Crippen LogP contribution in [-0.2, 0) is 0 Å². The smallest absolute Gasteiger partial charge is 0.253 e. The number of likely N-dealkylation sites (tertiary alicyclic amines) is 1. The Morgan fingerprint density at radius 3 is 2.46 bits per heavy atom. The van der Waals surface area contributed by atoms with E-state index in [0.29, 0.717) is 0 Å². The van der Waals surface area contributed by atoms with E-state index in [2.05, 4.69) is 4.90 Å². The van der Waals surface area contributed by atoms with E-state index in [1.165, 1.54) is 32.4 Å². The van der Waals surface area contributed by atoms with Crippen molar-refractivity contribution in [3.63, 3.8) is 0 Å². The van der Waals surface area contributed by atoms with Gasteiger partial charge < -0.3 is 14.5 Å². The van der Waals surface area contributed by atoms with Gasteiger partial charge in [-0.3, -0.25) is 4.79 Å². The molecule has 2 heterocycles. The summed E-state index contributed by atoms with van der Waals surface area (Å²) in [5.74, 6) is 5.06. The van der Waals surface area contributed by atoms with Gasteiger partial charge in [0.1, 0.15) is 5.75 Å². The first kappa shape index (κ1) is 18.2. The Hall–Kier alpha value is -1.20. The summed E-state index contributed by atoms with van der Waals surface area (Å²) in [6.45, 7) is 6.23. The topological polar surface area (TPSA) is 32.8 Å². The van der Waals surface area contributed by atoms with E-state index in [1.54, 1.807) is 0 Å². The summed E-state index contributed by atoms with van der Waals surface area (Å²) in [7, 11) is 0. The Labute approximate surface area is 161 Å². The Morgan fingerprint density at radius 1 is 1.08 bits per heavy atom. The van der Waals surface area contributed by atoms with Gasteiger partial charge in [-0.25, -0.2) is 0 Å². The van der Waals surface area contributed by atoms with Gasteiger partial charge in [-0.1, -0.05) is 6.42 Å². The van der Waals surface area contributed by atoms with Gasteiger partial charge >= 0.3 is 0 Å². The second kappa shape index (κ2) is 8.66. The van der Waals surface area contributed by atoms with Crippen LogP contribution in [0, 0.1) is 11.8 Å². The lowest BCUT2D eigenvalue weighted by Gasteiger charge is -2.26. The zero-order chi connectivity index (χ0) is 17.8. The molecule has 2 saturated heterocycles. The highest BCUT2D eigenvalue weighted by molar-refractivity contribution is 7.99. The lowest BCUT2D eigenvalue weighted by molar-refractivity contribution is 0.0772. The molecule has 1 aromatic carbocycles. The van der Waals surface area contributed by atoms with Gasteiger partial charge in [-0.2, -0.15) is 11.8 Å². The van der Waals surface area contributed by atoms with Gasteiger partial charge in [0.2, 0.25) is 0 Å². The average molecular weight is 375 g/mol. The third-order valence-electron chi connectivity index (χ3n) is 6.09. The largest absolute Gasteiger partial charge is 0.494 e. The molecule has 4 nitrogen and oxygen atoms in total. The van der Waals surface area contributed by atoms with Crippen LogP contribution >= 0.6 is 11.8 Å². The molecule has 1 saturated carbocycles. The zero-order valence-electron chi connectivity index (χ0n) is 15.6. The molecule has 4 rings (SSSR count). The first-order chi connectivity index (χ1) is 12.8. The number of carbonyl (C=O) groups is 1. The maximum absolute atomic E-state index is 12.5. The molecule has 0 aromatic heterocycles. The summed E-state index contributed by atoms with van der Waals surface area (Å²) in [6, 6.07) is 7.68. The molecule has 1 amide bonds. The Balaban J connectivity index is 1.18. The summed E-state index contributed by atoms with van der Waals surface area (Å²) in [5, 5.41) is 0. The second-order valence-corrected chi connectivity index (χ2v) is 9.07. The van der Waals surface area contributed by atoms with Crippen molar-refractivity contribution < 1.29 is 9.53 Å². The second-order valence-electron chi connectivity index (χ2n) is 7.84. The molecule has 2 aliphatic heterocycles. The molecule has 0 spiro atoms. The van der Waals surface area contributed by atoms with E-state index in [9.17, 15) is 4.79 Å². The van der Waals surface area contributed by atoms with E-state index in [0.717, 1.165) is 67.3 Å². The Kier molecular flexibility index (Phi) is 6.05. The summed E-state index contributed by atoms with van der Waals surface area (Å²) >= 11 is 1.92. The van der Waals surface area contributed by atoms with Gasteiger partial charge in [0.15, 0.2) is 0 Å². The number of rotatable bonds is 6. The number of fused-ring (bicyclic) bond motifs is 1. The van der Waals surface area contributed by atoms with Crippen LogP contribution in [-0.4, -0.2) is 66.5 Å². The molecular formula is C21H30N2O2S. The molecule has 0 radical (unpaired) electrons. The SMILES string of the molecule is O=C(c1ccc(OCCCN2CC3CCCC3C2)cc1)N1CCSCC1. The first-order valence-corrected chi connectivity index (χ1v) is 11.3. The molecule has 0 bridgehead atoms. The molecule has 1 aromatic rings. The highest BCUT2D eigenvalue weighted by atomic mass is 32.2. The van der Waals surface area contributed by atoms with Crippen molar-refractivity contribution in [1.82, 2.24) is 9.80 Å². The van der Waals surface area contributed by atoms with Crippen LogP contribution < -0.4 is 4.74 Å². The van der Waals surface area contributed by atoms with Gasteiger partial charge in [0.25, 0.3) is 5.91 Å². The number of carbonyl (C=O) groups excluding carboxylic acids is 1. The standard InChI is InChI=1S/C21H30N2O2S/c24-21(23-10-13-26-14-11-23)17-5-7-20(8-6-17)25-12-2-9-22-15-18-3-1-4-19(18)16-22/h5-8,18-19H,1-4,9-16H2. The van der Waals surface area contributed by atoms with Crippen molar-refractivity contribution in [3.05, 3.63) is 29.8 Å². The van der Waals surface area contributed by atoms with Crippen molar-refractivity contribution in [3.8, 4) is 5.75 Å². The van der Waals surface area contributed by atoms with Gasteiger partial charge in [-0.15, -0.1) is 0 Å². The average Bonchev–Trinajstić information content (AvgIpc) is 3.28. The number of nitrogens with zero attached hydrogens (tertiary/aromatic N) is 2. The molecular weight excluding hydrogens is 344 g/mol. The molecule has 3 fully saturated rings. The van der Waals surface area contributed by atoms with E-state index < -0.39 is 0 Å². The van der Waals surface area contributed by atoms with E-state index in [4.69, 9.17) is 4.74 Å². The minimum atomic E-state index is 0.149. The normalized spacial score (nSPS) is 26.1. The molecule has 3 aliphatic rings. The highest BCUT2D eigenvalue weighted by Gasteiger charge is 2.35. The lowest BCUT2D eigenvalue weighted by Crippen LogP contribution is -2.37. The quantitative estimate of drug-likeness (QED) is 0.715. The molecule has 2 atom stereocenters. The van der Waals surface area contributed by atoms with E-state index in [1.807, 2.05) is 40.9 Å². The molecule has 142 valence electrons. The fourth-order valence-electron chi connectivity index (χ4n) is 4.64. The minimum Gasteiger partial charge on any atom is -0.494 e. The zero-order valence-corrected chi connectivity index (χ0v) is 16.4. The Morgan fingerprint density at radius 2 is 1.77 bits per heavy atom. The van der Waals surface area contributed by atoms with E-state index in [-0.39, 0.29) is 5.91 Å². The first-order valence-electron chi connectivity index (χ1n) is 10.1. The predicted octanol–water partition coefficient (Wildman–Crippen LogP) is 3.38. The Bertz CT molecular complexity index is 589. The maximum Gasteiger partial charge on any atom is 0.253 e. The van der Waals surface area contributed by atoms with Crippen LogP contribution in [0.25, 0.3) is 0 Å². The number of amides is 1. The summed E-state index contributed by atoms with van der Waals surface area (Å²) in [5.41, 5.74) is 0.771. The van der Waals surface area contributed by atoms with Gasteiger partial charge in [-0.05, 0) is 55.4 Å². The van der Waals surface area contributed by atoms with Crippen molar-refractivity contribution in [2.24, 2.45) is 11.8 Å². The molecule has 2 unspecified atom stereocenters. The molecule has 0 N–H and O–H groups in total. The number of thioether (sulfide) groups is 1. The fourth-order valence-corrected chi connectivity index (χ4v) is 5.54. The van der Waals surface area contributed by atoms with Crippen LogP contribution in [0.3, 0.4) is 0 Å².